The van der Waals surface area contributed by atoms with Crippen molar-refractivity contribution in [2.75, 3.05) is 19.6 Å². The zero-order valence-electron chi connectivity index (χ0n) is 19.1. The van der Waals surface area contributed by atoms with Gasteiger partial charge >= 0.3 is 0 Å². The zero-order chi connectivity index (χ0) is 24.7. The third-order valence-electron chi connectivity index (χ3n) is 7.05. The highest BCUT2D eigenvalue weighted by Crippen LogP contribution is 2.40. The molecule has 5 rings (SSSR count). The number of ether oxygens (including phenoxy) is 1. The topological polar surface area (TPSA) is 71.5 Å². The Kier molecular flexibility index (Phi) is 6.32. The van der Waals surface area contributed by atoms with E-state index < -0.39 is 11.9 Å². The molecule has 1 N–H and O–H groups in total. The van der Waals surface area contributed by atoms with Gasteiger partial charge in [-0.15, -0.1) is 0 Å². The van der Waals surface area contributed by atoms with Crippen molar-refractivity contribution >= 4 is 45.9 Å². The Hall–Kier alpha value is -2.90. The highest BCUT2D eigenvalue weighted by atomic mass is 35.5. The lowest BCUT2D eigenvalue weighted by molar-refractivity contribution is -0.143. The van der Waals surface area contributed by atoms with Crippen molar-refractivity contribution in [2.45, 2.75) is 32.3 Å². The van der Waals surface area contributed by atoms with Gasteiger partial charge in [0.25, 0.3) is 5.91 Å². The van der Waals surface area contributed by atoms with Crippen LogP contribution in [0.3, 0.4) is 0 Å². The number of benzene rings is 2. The summed E-state index contributed by atoms with van der Waals surface area (Å²) >= 11 is 12.6. The molecule has 0 aliphatic carbocycles. The van der Waals surface area contributed by atoms with Crippen molar-refractivity contribution in [1.82, 2.24) is 15.2 Å². The minimum absolute atomic E-state index is 0.107. The predicted molar refractivity (Wildman–Crippen MR) is 133 cm³/mol. The lowest BCUT2D eigenvalue weighted by atomic mass is 9.77. The number of nitrogens with zero attached hydrogens (tertiary/aromatic N) is 2. The molecule has 9 heteroatoms. The fourth-order valence-electron chi connectivity index (χ4n) is 5.08. The van der Waals surface area contributed by atoms with E-state index in [0.29, 0.717) is 49.3 Å². The number of nitrogens with one attached hydrogen (secondary N) is 1. The monoisotopic (exact) mass is 515 g/mol. The Morgan fingerprint density at radius 1 is 1.14 bits per heavy atom. The maximum Gasteiger partial charge on any atom is 0.263 e. The molecule has 1 spiro atoms. The van der Waals surface area contributed by atoms with Crippen LogP contribution in [0.15, 0.2) is 42.6 Å². The van der Waals surface area contributed by atoms with Gasteiger partial charge in [0.1, 0.15) is 11.6 Å². The van der Waals surface area contributed by atoms with Gasteiger partial charge in [-0.3, -0.25) is 14.6 Å². The molecule has 1 unspecified atom stereocenters. The van der Waals surface area contributed by atoms with Gasteiger partial charge in [0, 0.05) is 42.8 Å². The quantitative estimate of drug-likeness (QED) is 0.515. The molecule has 0 saturated carbocycles. The average molecular weight is 516 g/mol. The number of fused-ring (bicyclic) bond motifs is 1. The van der Waals surface area contributed by atoms with Crippen LogP contribution in [0.5, 0.6) is 5.75 Å². The summed E-state index contributed by atoms with van der Waals surface area (Å²) in [6.45, 7) is 3.52. The van der Waals surface area contributed by atoms with E-state index in [9.17, 15) is 14.0 Å². The second kappa shape index (κ2) is 9.28. The fourth-order valence-corrected chi connectivity index (χ4v) is 5.74. The Balaban J connectivity index is 1.32. The molecule has 2 fully saturated rings. The van der Waals surface area contributed by atoms with Crippen LogP contribution in [0.4, 0.5) is 4.39 Å². The molecule has 0 bridgehead atoms. The zero-order valence-corrected chi connectivity index (χ0v) is 20.6. The lowest BCUT2D eigenvalue weighted by Crippen LogP contribution is -2.49. The largest absolute Gasteiger partial charge is 0.481 e. The number of aromatic nitrogens is 1. The lowest BCUT2D eigenvalue weighted by Gasteiger charge is -2.38. The summed E-state index contributed by atoms with van der Waals surface area (Å²) in [6.07, 6.45) is 3.11. The Morgan fingerprint density at radius 2 is 1.86 bits per heavy atom. The molecular weight excluding hydrogens is 492 g/mol. The van der Waals surface area contributed by atoms with E-state index in [2.05, 4.69) is 10.3 Å². The number of hydrogen-bond acceptors (Lipinski definition) is 4. The molecule has 2 aliphatic heterocycles. The summed E-state index contributed by atoms with van der Waals surface area (Å²) < 4.78 is 19.6. The van der Waals surface area contributed by atoms with Crippen LogP contribution in [0.1, 0.15) is 26.2 Å². The van der Waals surface area contributed by atoms with Gasteiger partial charge in [-0.1, -0.05) is 23.2 Å². The van der Waals surface area contributed by atoms with Gasteiger partial charge < -0.3 is 15.0 Å². The first-order chi connectivity index (χ1) is 16.8. The highest BCUT2D eigenvalue weighted by Gasteiger charge is 2.45. The summed E-state index contributed by atoms with van der Waals surface area (Å²) in [4.78, 5) is 31.4. The van der Waals surface area contributed by atoms with Crippen molar-refractivity contribution in [3.63, 3.8) is 0 Å². The van der Waals surface area contributed by atoms with E-state index in [4.69, 9.17) is 27.9 Å². The van der Waals surface area contributed by atoms with E-state index in [1.807, 2.05) is 6.07 Å². The second-order valence-electron chi connectivity index (χ2n) is 9.15. The van der Waals surface area contributed by atoms with E-state index in [1.165, 1.54) is 12.1 Å². The number of halogens is 3. The molecule has 2 amide bonds. The summed E-state index contributed by atoms with van der Waals surface area (Å²) in [7, 11) is 0. The predicted octanol–water partition coefficient (Wildman–Crippen LogP) is 5.24. The van der Waals surface area contributed by atoms with Gasteiger partial charge in [-0.25, -0.2) is 4.39 Å². The van der Waals surface area contributed by atoms with E-state index in [1.54, 1.807) is 36.2 Å². The first-order valence-electron chi connectivity index (χ1n) is 11.5. The highest BCUT2D eigenvalue weighted by molar-refractivity contribution is 6.39. The number of amides is 2. The maximum absolute atomic E-state index is 13.7. The number of carbonyl (C=O) groups excluding carboxylic acids is 2. The number of hydrogen-bond donors (Lipinski definition) is 1. The van der Waals surface area contributed by atoms with Crippen LogP contribution in [0.25, 0.3) is 22.0 Å². The van der Waals surface area contributed by atoms with E-state index in [0.717, 1.165) is 17.4 Å². The molecule has 6 nitrogen and oxygen atoms in total. The van der Waals surface area contributed by atoms with Gasteiger partial charge in [0.15, 0.2) is 6.10 Å². The van der Waals surface area contributed by atoms with Crippen LogP contribution in [0, 0.1) is 11.2 Å². The molecule has 1 aromatic heterocycles. The molecule has 1 atom stereocenters. The van der Waals surface area contributed by atoms with Crippen molar-refractivity contribution < 1.29 is 18.7 Å². The first-order valence-corrected chi connectivity index (χ1v) is 12.3. The van der Waals surface area contributed by atoms with Crippen molar-refractivity contribution in [3.8, 4) is 16.9 Å². The fraction of sp³-hybridized carbons (Fsp3) is 0.346. The molecule has 3 heterocycles. The van der Waals surface area contributed by atoms with Crippen molar-refractivity contribution in [2.24, 2.45) is 5.41 Å². The standard InChI is InChI=1S/C26H24Cl2FN3O3/c1-15(24(33)32-10-6-26(7-11-32)5-9-31-25(26)34)35-17-2-3-18-19(4-8-30-22(18)14-17)23-20(27)12-16(29)13-21(23)28/h2-4,8,12-15H,5-7,9-11H2,1H3,(H,31,34). The van der Waals surface area contributed by atoms with Crippen LogP contribution in [-0.2, 0) is 9.59 Å². The molecule has 0 radical (unpaired) electrons. The summed E-state index contributed by atoms with van der Waals surface area (Å²) in [6, 6.07) is 9.55. The van der Waals surface area contributed by atoms with Gasteiger partial charge in [0.05, 0.1) is 21.0 Å². The van der Waals surface area contributed by atoms with Crippen molar-refractivity contribution in [1.29, 1.82) is 0 Å². The number of likely N-dealkylation sites (tertiary alicyclic amines) is 1. The normalized spacial score (nSPS) is 18.1. The molecule has 35 heavy (non-hydrogen) atoms. The number of pyridine rings is 1. The molecule has 2 aromatic carbocycles. The van der Waals surface area contributed by atoms with Crippen LogP contribution < -0.4 is 10.1 Å². The number of carbonyl (C=O) groups is 2. The Labute approximate surface area is 212 Å². The van der Waals surface area contributed by atoms with E-state index in [-0.39, 0.29) is 27.3 Å². The number of piperidine rings is 1. The third kappa shape index (κ3) is 4.43. The van der Waals surface area contributed by atoms with E-state index >= 15 is 0 Å². The SMILES string of the molecule is CC(Oc1ccc2c(-c3c(Cl)cc(F)cc3Cl)ccnc2c1)C(=O)N1CCC2(CCNC2=O)CC1. The third-order valence-corrected chi connectivity index (χ3v) is 7.65. The molecule has 3 aromatic rings. The molecule has 2 aliphatic rings. The summed E-state index contributed by atoms with van der Waals surface area (Å²) in [5, 5.41) is 4.10. The van der Waals surface area contributed by atoms with Crippen LogP contribution >= 0.6 is 23.2 Å². The minimum atomic E-state index is -0.692. The summed E-state index contributed by atoms with van der Waals surface area (Å²) in [5.41, 5.74) is 1.55. The molecule has 2 saturated heterocycles. The second-order valence-corrected chi connectivity index (χ2v) is 9.97. The Bertz CT molecular complexity index is 1300. The van der Waals surface area contributed by atoms with Crippen molar-refractivity contribution in [3.05, 3.63) is 58.5 Å². The van der Waals surface area contributed by atoms with Gasteiger partial charge in [-0.05, 0) is 62.1 Å². The molecule has 182 valence electrons. The smallest absolute Gasteiger partial charge is 0.263 e. The van der Waals surface area contributed by atoms with Gasteiger partial charge in [-0.2, -0.15) is 0 Å². The van der Waals surface area contributed by atoms with Gasteiger partial charge in [0.2, 0.25) is 5.91 Å². The summed E-state index contributed by atoms with van der Waals surface area (Å²) in [5.74, 6) is -0.000124. The van der Waals surface area contributed by atoms with Crippen LogP contribution in [0.2, 0.25) is 10.0 Å². The Morgan fingerprint density at radius 3 is 2.51 bits per heavy atom. The average Bonchev–Trinajstić information content (AvgIpc) is 3.17. The maximum atomic E-state index is 13.7. The minimum Gasteiger partial charge on any atom is -0.481 e. The molecular formula is C26H24Cl2FN3O3. The van der Waals surface area contributed by atoms with Crippen LogP contribution in [-0.4, -0.2) is 47.4 Å². The number of rotatable bonds is 4. The first kappa shape index (κ1) is 23.8.